The predicted molar refractivity (Wildman–Crippen MR) is 127 cm³/mol. The van der Waals surface area contributed by atoms with Crippen molar-refractivity contribution >= 4 is 32.2 Å². The van der Waals surface area contributed by atoms with Crippen LogP contribution in [0.3, 0.4) is 0 Å². The van der Waals surface area contributed by atoms with Gasteiger partial charge in [-0.15, -0.1) is 6.42 Å². The van der Waals surface area contributed by atoms with Crippen LogP contribution >= 0.6 is 10.5 Å². The number of thiophene rings is 1. The van der Waals surface area contributed by atoms with Gasteiger partial charge in [0.2, 0.25) is 0 Å². The van der Waals surface area contributed by atoms with E-state index in [9.17, 15) is 14.9 Å². The lowest BCUT2D eigenvalue weighted by Crippen LogP contribution is -2.27. The summed E-state index contributed by atoms with van der Waals surface area (Å²) in [7, 11) is -0.256. The molecule has 6 heteroatoms. The summed E-state index contributed by atoms with van der Waals surface area (Å²) in [5.74, 6) is 1.96. The smallest absolute Gasteiger partial charge is 0.340 e. The molecule has 0 N–H and O–H groups in total. The molecule has 4 aromatic rings. The van der Waals surface area contributed by atoms with Gasteiger partial charge in [0.15, 0.2) is 20.1 Å². The van der Waals surface area contributed by atoms with E-state index in [-0.39, 0.29) is 16.2 Å². The highest BCUT2D eigenvalue weighted by molar-refractivity contribution is 7.45. The first-order valence-electron chi connectivity index (χ1n) is 9.90. The number of esters is 1. The third-order valence-corrected chi connectivity index (χ3v) is 7.63. The number of non-ortho nitro benzene ring substituents is 1. The van der Waals surface area contributed by atoms with Crippen LogP contribution in [0.15, 0.2) is 78.9 Å². The van der Waals surface area contributed by atoms with Gasteiger partial charge < -0.3 is 4.74 Å². The summed E-state index contributed by atoms with van der Waals surface area (Å²) in [4.78, 5) is 25.7. The van der Waals surface area contributed by atoms with Crippen molar-refractivity contribution in [3.05, 3.63) is 105 Å². The van der Waals surface area contributed by atoms with Crippen LogP contribution in [0, 0.1) is 29.4 Å². The summed E-state index contributed by atoms with van der Waals surface area (Å²) in [5, 5.41) is 12.1. The minimum absolute atomic E-state index is 0.0617. The van der Waals surface area contributed by atoms with E-state index >= 15 is 0 Å². The number of carbonyl (C=O) groups excluding carboxylic acids is 1. The Kier molecular flexibility index (Phi) is 5.52. The van der Waals surface area contributed by atoms with Crippen LogP contribution in [0.2, 0.25) is 0 Å². The third kappa shape index (κ3) is 3.86. The highest BCUT2D eigenvalue weighted by Gasteiger charge is 2.30. The molecule has 0 aliphatic heterocycles. The van der Waals surface area contributed by atoms with E-state index in [1.807, 2.05) is 30.3 Å². The van der Waals surface area contributed by atoms with Crippen LogP contribution in [0.4, 0.5) is 5.69 Å². The highest BCUT2D eigenvalue weighted by atomic mass is 32.2. The maximum Gasteiger partial charge on any atom is 0.340 e. The average molecular weight is 443 g/mol. The summed E-state index contributed by atoms with van der Waals surface area (Å²) in [6, 6.07) is 23.5. The van der Waals surface area contributed by atoms with Crippen molar-refractivity contribution in [2.75, 3.05) is 0 Å². The average Bonchev–Trinajstić information content (AvgIpc) is 3.14. The lowest BCUT2D eigenvalue weighted by Gasteiger charge is -2.24. The molecule has 4 rings (SSSR count). The fourth-order valence-corrected chi connectivity index (χ4v) is 5.87. The Morgan fingerprint density at radius 2 is 1.78 bits per heavy atom. The molecule has 3 aromatic carbocycles. The molecule has 1 aromatic heterocycles. The zero-order valence-electron chi connectivity index (χ0n) is 17.6. The zero-order chi connectivity index (χ0) is 22.9. The van der Waals surface area contributed by atoms with Crippen LogP contribution in [0.5, 0.6) is 0 Å². The fraction of sp³-hybridized carbons (Fsp3) is 0.115. The number of rotatable bonds is 5. The van der Waals surface area contributed by atoms with Gasteiger partial charge in [0.05, 0.1) is 10.5 Å². The number of benzene rings is 3. The Morgan fingerprint density at radius 3 is 2.47 bits per heavy atom. The zero-order valence-corrected chi connectivity index (χ0v) is 18.4. The normalized spacial score (nSPS) is 13.2. The van der Waals surface area contributed by atoms with E-state index in [0.29, 0.717) is 11.1 Å². The summed E-state index contributed by atoms with van der Waals surface area (Å²) >= 11 is 0. The van der Waals surface area contributed by atoms with Gasteiger partial charge in [-0.3, -0.25) is 10.1 Å². The second kappa shape index (κ2) is 8.29. The summed E-state index contributed by atoms with van der Waals surface area (Å²) in [5.41, 5.74) is -0.537. The Balaban J connectivity index is 1.66. The molecule has 5 nitrogen and oxygen atoms in total. The minimum atomic E-state index is -1.36. The molecule has 0 saturated heterocycles. The molecule has 158 valence electrons. The number of carbonyl (C=O) groups is 1. The van der Waals surface area contributed by atoms with Gasteiger partial charge in [-0.1, -0.05) is 24.1 Å². The van der Waals surface area contributed by atoms with Crippen molar-refractivity contribution in [2.45, 2.75) is 19.4 Å². The van der Waals surface area contributed by atoms with Crippen LogP contribution in [-0.2, 0) is 10.3 Å². The van der Waals surface area contributed by atoms with Gasteiger partial charge in [0, 0.05) is 52.6 Å². The van der Waals surface area contributed by atoms with Gasteiger partial charge in [0.25, 0.3) is 5.69 Å². The van der Waals surface area contributed by atoms with Gasteiger partial charge >= 0.3 is 5.97 Å². The SMILES string of the molecule is C#CC(C)(OC(=O)c1cccc(-[s+]2c(C)cc3ccccc32)c1)c1ccc([N+](=O)[O-])cc1. The first-order chi connectivity index (χ1) is 15.3. The number of nitro groups is 1. The molecule has 0 saturated carbocycles. The number of nitro benzene ring substituents is 1. The fourth-order valence-electron chi connectivity index (χ4n) is 3.62. The maximum atomic E-state index is 13.0. The lowest BCUT2D eigenvalue weighted by molar-refractivity contribution is -0.384. The Labute approximate surface area is 188 Å². The number of hydrogen-bond donors (Lipinski definition) is 0. The lowest BCUT2D eigenvalue weighted by atomic mass is 9.96. The van der Waals surface area contributed by atoms with E-state index in [2.05, 4.69) is 31.0 Å². The standard InChI is InChI=1S/C26H20NO4S/c1-4-26(3,21-12-14-22(15-13-21)27(29)30)31-25(28)20-9-7-10-23(17-20)32-18(2)16-19-8-5-6-11-24(19)32/h1,5-17H,2-3H3/q+1. The van der Waals surface area contributed by atoms with Crippen molar-refractivity contribution in [3.8, 4) is 17.2 Å². The molecule has 0 aliphatic rings. The number of fused-ring (bicyclic) bond motifs is 1. The number of nitrogens with zero attached hydrogens (tertiary/aromatic N) is 1. The number of aryl methyl sites for hydroxylation is 1. The maximum absolute atomic E-state index is 13.0. The summed E-state index contributed by atoms with van der Waals surface area (Å²) in [6.45, 7) is 3.69. The molecule has 2 atom stereocenters. The molecule has 0 fully saturated rings. The van der Waals surface area contributed by atoms with Crippen molar-refractivity contribution in [1.29, 1.82) is 0 Å². The summed E-state index contributed by atoms with van der Waals surface area (Å²) in [6.07, 6.45) is 5.70. The van der Waals surface area contributed by atoms with Gasteiger partial charge in [-0.25, -0.2) is 4.79 Å². The number of hydrogen-bond acceptors (Lipinski definition) is 4. The topological polar surface area (TPSA) is 69.4 Å². The van der Waals surface area contributed by atoms with Crippen LogP contribution in [0.1, 0.15) is 27.7 Å². The monoisotopic (exact) mass is 442 g/mol. The van der Waals surface area contributed by atoms with Gasteiger partial charge in [0.1, 0.15) is 0 Å². The molecular formula is C26H20NO4S+. The number of terminal acetylenes is 1. The molecule has 0 amide bonds. The molecule has 0 spiro atoms. The molecule has 1 heterocycles. The van der Waals surface area contributed by atoms with Crippen molar-refractivity contribution in [3.63, 3.8) is 0 Å². The molecular weight excluding hydrogens is 422 g/mol. The molecule has 0 radical (unpaired) electrons. The first-order valence-corrected chi connectivity index (χ1v) is 11.1. The Bertz CT molecular complexity index is 1380. The quantitative estimate of drug-likeness (QED) is 0.116. The second-order valence-corrected chi connectivity index (χ2v) is 9.67. The first kappa shape index (κ1) is 21.3. The third-order valence-electron chi connectivity index (χ3n) is 5.33. The van der Waals surface area contributed by atoms with Crippen LogP contribution in [0.25, 0.3) is 15.0 Å². The highest BCUT2D eigenvalue weighted by Crippen LogP contribution is 2.43. The predicted octanol–water partition coefficient (Wildman–Crippen LogP) is 6.50. The van der Waals surface area contributed by atoms with E-state index in [4.69, 9.17) is 11.2 Å². The van der Waals surface area contributed by atoms with Gasteiger partial charge in [-0.05, 0) is 43.3 Å². The van der Waals surface area contributed by atoms with Gasteiger partial charge in [-0.2, -0.15) is 0 Å². The van der Waals surface area contributed by atoms with Crippen molar-refractivity contribution < 1.29 is 14.5 Å². The molecule has 0 bridgehead atoms. The van der Waals surface area contributed by atoms with Crippen LogP contribution in [-0.4, -0.2) is 10.9 Å². The van der Waals surface area contributed by atoms with E-state index < -0.39 is 16.5 Å². The minimum Gasteiger partial charge on any atom is -0.438 e. The molecule has 0 aliphatic carbocycles. The van der Waals surface area contributed by atoms with E-state index in [1.54, 1.807) is 13.0 Å². The van der Waals surface area contributed by atoms with E-state index in [0.717, 1.165) is 4.90 Å². The molecule has 2 unspecified atom stereocenters. The van der Waals surface area contributed by atoms with Crippen molar-refractivity contribution in [1.82, 2.24) is 0 Å². The Morgan fingerprint density at radius 1 is 1.06 bits per heavy atom. The largest absolute Gasteiger partial charge is 0.438 e. The molecule has 32 heavy (non-hydrogen) atoms. The summed E-state index contributed by atoms with van der Waals surface area (Å²) < 4.78 is 6.95. The second-order valence-electron chi connectivity index (χ2n) is 7.50. The Hall–Kier alpha value is -3.95. The number of ether oxygens (including phenoxy) is 1. The van der Waals surface area contributed by atoms with Crippen LogP contribution < -0.4 is 0 Å². The van der Waals surface area contributed by atoms with E-state index in [1.165, 1.54) is 39.2 Å². The van der Waals surface area contributed by atoms with Crippen molar-refractivity contribution in [2.24, 2.45) is 0 Å².